The number of hydrogen-bond donors (Lipinski definition) is 2. The van der Waals surface area contributed by atoms with Gasteiger partial charge in [0, 0.05) is 10.6 Å². The lowest BCUT2D eigenvalue weighted by Gasteiger charge is -2.12. The summed E-state index contributed by atoms with van der Waals surface area (Å²) < 4.78 is 5.05. The van der Waals surface area contributed by atoms with Gasteiger partial charge in [0.25, 0.3) is 0 Å². The Morgan fingerprint density at radius 3 is 2.78 bits per heavy atom. The fraction of sp³-hybridized carbons (Fsp3) is 0.143. The van der Waals surface area contributed by atoms with Crippen molar-refractivity contribution < 1.29 is 9.84 Å². The highest BCUT2D eigenvalue weighted by atomic mass is 32.2. The average Bonchev–Trinajstić information content (AvgIpc) is 2.82. The molecule has 18 heavy (non-hydrogen) atoms. The molecule has 2 aromatic carbocycles. The van der Waals surface area contributed by atoms with Crippen LogP contribution in [0.15, 0.2) is 47.4 Å². The van der Waals surface area contributed by atoms with Crippen LogP contribution in [0, 0.1) is 0 Å². The molecule has 0 aliphatic carbocycles. The Balaban J connectivity index is 1.88. The summed E-state index contributed by atoms with van der Waals surface area (Å²) in [5.74, 6) is 0.674. The first-order chi connectivity index (χ1) is 8.78. The molecule has 0 saturated carbocycles. The molecule has 92 valence electrons. The Labute approximate surface area is 110 Å². The fourth-order valence-electron chi connectivity index (χ4n) is 2.01. The molecular weight excluding hydrogens is 246 g/mol. The first-order valence-corrected chi connectivity index (χ1v) is 6.55. The summed E-state index contributed by atoms with van der Waals surface area (Å²) in [4.78, 5) is 1.23. The van der Waals surface area contributed by atoms with Gasteiger partial charge in [-0.25, -0.2) is 0 Å². The minimum Gasteiger partial charge on any atom is -0.504 e. The Kier molecular flexibility index (Phi) is 2.80. The molecule has 1 atom stereocenters. The van der Waals surface area contributed by atoms with Crippen molar-refractivity contribution in [1.29, 1.82) is 0 Å². The van der Waals surface area contributed by atoms with E-state index in [-0.39, 0.29) is 11.1 Å². The molecule has 0 fully saturated rings. The number of thioether (sulfide) groups is 1. The average molecular weight is 259 g/mol. The first-order valence-electron chi connectivity index (χ1n) is 5.67. The summed E-state index contributed by atoms with van der Waals surface area (Å²) in [6.45, 7) is 0. The largest absolute Gasteiger partial charge is 0.504 e. The Morgan fingerprint density at radius 2 is 2.06 bits per heavy atom. The van der Waals surface area contributed by atoms with Crippen LogP contribution in [0.25, 0.3) is 0 Å². The van der Waals surface area contributed by atoms with Crippen molar-refractivity contribution in [3.05, 3.63) is 48.0 Å². The van der Waals surface area contributed by atoms with E-state index in [1.54, 1.807) is 31.0 Å². The number of anilines is 1. The van der Waals surface area contributed by atoms with Gasteiger partial charge in [-0.15, -0.1) is 0 Å². The second-order valence-corrected chi connectivity index (χ2v) is 5.22. The van der Waals surface area contributed by atoms with Crippen LogP contribution in [-0.2, 0) is 0 Å². The van der Waals surface area contributed by atoms with Crippen LogP contribution < -0.4 is 10.1 Å². The number of benzene rings is 2. The third-order valence-electron chi connectivity index (χ3n) is 2.92. The third-order valence-corrected chi connectivity index (χ3v) is 4.16. The van der Waals surface area contributed by atoms with Crippen molar-refractivity contribution in [2.24, 2.45) is 0 Å². The van der Waals surface area contributed by atoms with Gasteiger partial charge in [0.05, 0.1) is 7.11 Å². The van der Waals surface area contributed by atoms with Crippen molar-refractivity contribution in [3.8, 4) is 11.5 Å². The van der Waals surface area contributed by atoms with Crippen LogP contribution in [0.4, 0.5) is 5.69 Å². The summed E-state index contributed by atoms with van der Waals surface area (Å²) in [6, 6.07) is 13.7. The van der Waals surface area contributed by atoms with Crippen LogP contribution in [0.3, 0.4) is 0 Å². The van der Waals surface area contributed by atoms with E-state index < -0.39 is 0 Å². The summed E-state index contributed by atoms with van der Waals surface area (Å²) in [5, 5.41) is 13.4. The highest BCUT2D eigenvalue weighted by molar-refractivity contribution is 8.00. The predicted molar refractivity (Wildman–Crippen MR) is 73.3 cm³/mol. The molecule has 4 heteroatoms. The van der Waals surface area contributed by atoms with E-state index in [4.69, 9.17) is 4.74 Å². The number of methoxy groups -OCH3 is 1. The van der Waals surface area contributed by atoms with E-state index in [9.17, 15) is 5.11 Å². The van der Waals surface area contributed by atoms with Crippen molar-refractivity contribution in [1.82, 2.24) is 0 Å². The first kappa shape index (κ1) is 11.3. The number of ether oxygens (including phenoxy) is 1. The number of phenols is 1. The zero-order valence-electron chi connectivity index (χ0n) is 9.88. The number of nitrogens with one attached hydrogen (secondary N) is 1. The maximum Gasteiger partial charge on any atom is 0.160 e. The fourth-order valence-corrected chi connectivity index (χ4v) is 3.14. The van der Waals surface area contributed by atoms with Crippen LogP contribution in [0.1, 0.15) is 10.9 Å². The van der Waals surface area contributed by atoms with Crippen molar-refractivity contribution in [2.75, 3.05) is 12.4 Å². The number of phenolic OH excluding ortho intramolecular Hbond substituents is 1. The van der Waals surface area contributed by atoms with Gasteiger partial charge in [-0.3, -0.25) is 0 Å². The van der Waals surface area contributed by atoms with E-state index >= 15 is 0 Å². The predicted octanol–water partition coefficient (Wildman–Crippen LogP) is 3.62. The zero-order valence-corrected chi connectivity index (χ0v) is 10.7. The highest BCUT2D eigenvalue weighted by Gasteiger charge is 2.22. The number of fused-ring (bicyclic) bond motifs is 1. The lowest BCUT2D eigenvalue weighted by molar-refractivity contribution is 0.373. The molecule has 1 unspecified atom stereocenters. The van der Waals surface area contributed by atoms with Gasteiger partial charge in [-0.1, -0.05) is 30.0 Å². The lowest BCUT2D eigenvalue weighted by atomic mass is 10.2. The molecular formula is C14H13NO2S. The van der Waals surface area contributed by atoms with Crippen LogP contribution in [-0.4, -0.2) is 12.2 Å². The SMILES string of the molecule is COc1ccc(C2Nc3ccccc3S2)cc1O. The molecule has 3 nitrogen and oxygen atoms in total. The Morgan fingerprint density at radius 1 is 1.22 bits per heavy atom. The topological polar surface area (TPSA) is 41.5 Å². The molecule has 0 aromatic heterocycles. The van der Waals surface area contributed by atoms with Gasteiger partial charge >= 0.3 is 0 Å². The molecule has 2 N–H and O–H groups in total. The number of aromatic hydroxyl groups is 1. The van der Waals surface area contributed by atoms with E-state index in [0.29, 0.717) is 5.75 Å². The van der Waals surface area contributed by atoms with Crippen LogP contribution in [0.5, 0.6) is 11.5 Å². The molecule has 1 aliphatic heterocycles. The Hall–Kier alpha value is -1.81. The molecule has 0 amide bonds. The highest BCUT2D eigenvalue weighted by Crippen LogP contribution is 2.47. The van der Waals surface area contributed by atoms with Crippen LogP contribution >= 0.6 is 11.8 Å². The van der Waals surface area contributed by atoms with Gasteiger partial charge in [-0.05, 0) is 29.8 Å². The molecule has 1 aliphatic rings. The number of para-hydroxylation sites is 1. The molecule has 0 bridgehead atoms. The number of hydrogen-bond acceptors (Lipinski definition) is 4. The van der Waals surface area contributed by atoms with Crippen LogP contribution in [0.2, 0.25) is 0 Å². The molecule has 3 rings (SSSR count). The van der Waals surface area contributed by atoms with Gasteiger partial charge in [-0.2, -0.15) is 0 Å². The van der Waals surface area contributed by atoms with Crippen molar-refractivity contribution in [3.63, 3.8) is 0 Å². The zero-order chi connectivity index (χ0) is 12.5. The van der Waals surface area contributed by atoms with E-state index in [0.717, 1.165) is 11.3 Å². The van der Waals surface area contributed by atoms with Crippen molar-refractivity contribution >= 4 is 17.4 Å². The second-order valence-electron chi connectivity index (χ2n) is 4.07. The van der Waals surface area contributed by atoms with Gasteiger partial charge in [0.2, 0.25) is 0 Å². The second kappa shape index (κ2) is 4.46. The lowest BCUT2D eigenvalue weighted by Crippen LogP contribution is -2.01. The maximum absolute atomic E-state index is 9.81. The normalized spacial score (nSPS) is 17.1. The smallest absolute Gasteiger partial charge is 0.160 e. The summed E-state index contributed by atoms with van der Waals surface area (Å²) >= 11 is 1.75. The minimum atomic E-state index is 0.138. The van der Waals surface area contributed by atoms with Crippen molar-refractivity contribution in [2.45, 2.75) is 10.3 Å². The quantitative estimate of drug-likeness (QED) is 0.864. The molecule has 2 aromatic rings. The van der Waals surface area contributed by atoms with E-state index in [1.165, 1.54) is 4.90 Å². The monoisotopic (exact) mass is 259 g/mol. The number of rotatable bonds is 2. The summed E-state index contributed by atoms with van der Waals surface area (Å²) in [6.07, 6.45) is 0. The minimum absolute atomic E-state index is 0.138. The van der Waals surface area contributed by atoms with E-state index in [1.807, 2.05) is 18.2 Å². The van der Waals surface area contributed by atoms with Gasteiger partial charge in [0.1, 0.15) is 5.37 Å². The van der Waals surface area contributed by atoms with Gasteiger partial charge in [0.15, 0.2) is 11.5 Å². The molecule has 0 spiro atoms. The Bertz CT molecular complexity index is 561. The summed E-state index contributed by atoms with van der Waals surface area (Å²) in [7, 11) is 1.55. The standard InChI is InChI=1S/C14H13NO2S/c1-17-12-7-6-9(8-11(12)16)14-15-10-4-2-3-5-13(10)18-14/h2-8,14-16H,1H3. The summed E-state index contributed by atoms with van der Waals surface area (Å²) in [5.41, 5.74) is 2.18. The molecule has 0 saturated heterocycles. The molecule has 0 radical (unpaired) electrons. The third kappa shape index (κ3) is 1.88. The molecule has 1 heterocycles. The van der Waals surface area contributed by atoms with Gasteiger partial charge < -0.3 is 15.2 Å². The maximum atomic E-state index is 9.81. The van der Waals surface area contributed by atoms with E-state index in [2.05, 4.69) is 17.4 Å².